The van der Waals surface area contributed by atoms with Crippen LogP contribution in [0.3, 0.4) is 0 Å². The molecule has 5 heteroatoms. The van der Waals surface area contributed by atoms with Crippen molar-refractivity contribution >= 4 is 21.5 Å². The SMILES string of the molecule is COc1cc(C)c2c(C)[n+](-c3ccc(-c4ccc(-[n+]5c(C)cc6cc(OC)cc(OC)c6c5C)cc4)cc3)c(C)cc2c1. The minimum Gasteiger partial charge on any atom is -0.497 e. The van der Waals surface area contributed by atoms with Crippen LogP contribution in [0.5, 0.6) is 17.2 Å². The molecule has 5 nitrogen and oxygen atoms in total. The van der Waals surface area contributed by atoms with Crippen LogP contribution in [-0.4, -0.2) is 21.3 Å². The van der Waals surface area contributed by atoms with E-state index in [0.29, 0.717) is 0 Å². The summed E-state index contributed by atoms with van der Waals surface area (Å²) in [7, 11) is 5.11. The van der Waals surface area contributed by atoms with Crippen LogP contribution in [0, 0.1) is 34.6 Å². The Labute approximate surface area is 253 Å². The normalized spacial score (nSPS) is 11.3. The second kappa shape index (κ2) is 11.1. The molecule has 216 valence electrons. The highest BCUT2D eigenvalue weighted by Gasteiger charge is 2.23. The van der Waals surface area contributed by atoms with Crippen molar-refractivity contribution < 1.29 is 23.3 Å². The van der Waals surface area contributed by atoms with E-state index in [1.807, 2.05) is 6.07 Å². The molecule has 6 rings (SSSR count). The predicted molar refractivity (Wildman–Crippen MR) is 173 cm³/mol. The molecule has 0 fully saturated rings. The highest BCUT2D eigenvalue weighted by molar-refractivity contribution is 5.91. The monoisotopic (exact) mass is 570 g/mol. The fourth-order valence-corrected chi connectivity index (χ4v) is 6.63. The number of aromatic nitrogens is 2. The van der Waals surface area contributed by atoms with Crippen molar-refractivity contribution in [3.05, 3.63) is 113 Å². The molecule has 0 radical (unpaired) electrons. The fraction of sp³-hybridized carbons (Fsp3) is 0.211. The zero-order valence-corrected chi connectivity index (χ0v) is 26.2. The van der Waals surface area contributed by atoms with Crippen LogP contribution in [0.15, 0.2) is 84.9 Å². The third-order valence-electron chi connectivity index (χ3n) is 8.55. The maximum absolute atomic E-state index is 5.75. The van der Waals surface area contributed by atoms with Gasteiger partial charge in [-0.3, -0.25) is 0 Å². The number of rotatable bonds is 6. The highest BCUT2D eigenvalue weighted by atomic mass is 16.5. The zero-order valence-electron chi connectivity index (χ0n) is 26.2. The average molecular weight is 571 g/mol. The summed E-state index contributed by atoms with van der Waals surface area (Å²) in [6.07, 6.45) is 0. The standard InChI is InChI=1S/C38H38N2O3/c1-23-17-34(41-6)20-30-18-24(2)39(26(4)37(23)30)32-13-9-28(10-14-32)29-11-15-33(16-12-29)40-25(3)19-31-21-35(42-7)22-36(43-8)38(31)27(40)5/h9-22H,1-8H3/q+2. The molecule has 0 aliphatic heterocycles. The van der Waals surface area contributed by atoms with Gasteiger partial charge in [0.2, 0.25) is 11.4 Å². The van der Waals surface area contributed by atoms with Gasteiger partial charge in [0, 0.05) is 75.5 Å². The molecule has 6 aromatic rings. The fourth-order valence-electron chi connectivity index (χ4n) is 6.63. The Morgan fingerprint density at radius 2 is 0.907 bits per heavy atom. The number of methoxy groups -OCH3 is 3. The maximum Gasteiger partial charge on any atom is 0.211 e. The van der Waals surface area contributed by atoms with E-state index in [2.05, 4.69) is 123 Å². The predicted octanol–water partition coefficient (Wildman–Crippen LogP) is 7.78. The van der Waals surface area contributed by atoms with Gasteiger partial charge in [0.15, 0.2) is 22.8 Å². The molecule has 0 atom stereocenters. The molecule has 0 bridgehead atoms. The number of ether oxygens (including phenoxy) is 3. The van der Waals surface area contributed by atoms with Crippen LogP contribution in [0.25, 0.3) is 44.0 Å². The van der Waals surface area contributed by atoms with Crippen molar-refractivity contribution in [3.63, 3.8) is 0 Å². The molecule has 0 amide bonds. The molecule has 43 heavy (non-hydrogen) atoms. The van der Waals surface area contributed by atoms with Gasteiger partial charge in [-0.1, -0.05) is 0 Å². The summed E-state index contributed by atoms with van der Waals surface area (Å²) in [5, 5.41) is 4.65. The highest BCUT2D eigenvalue weighted by Crippen LogP contribution is 2.33. The third kappa shape index (κ3) is 4.85. The number of hydrogen-bond donors (Lipinski definition) is 0. The summed E-state index contributed by atoms with van der Waals surface area (Å²) in [5.74, 6) is 2.49. The first-order chi connectivity index (χ1) is 20.7. The van der Waals surface area contributed by atoms with Crippen LogP contribution < -0.4 is 23.3 Å². The smallest absolute Gasteiger partial charge is 0.211 e. The minimum absolute atomic E-state index is 0.788. The number of hydrogen-bond acceptors (Lipinski definition) is 3. The van der Waals surface area contributed by atoms with Gasteiger partial charge < -0.3 is 14.2 Å². The van der Waals surface area contributed by atoms with Crippen molar-refractivity contribution in [2.45, 2.75) is 34.6 Å². The summed E-state index contributed by atoms with van der Waals surface area (Å²) < 4.78 is 21.4. The molecular weight excluding hydrogens is 532 g/mol. The van der Waals surface area contributed by atoms with Crippen LogP contribution in [-0.2, 0) is 0 Å². The van der Waals surface area contributed by atoms with E-state index in [4.69, 9.17) is 14.2 Å². The van der Waals surface area contributed by atoms with Crippen molar-refractivity contribution in [3.8, 4) is 39.8 Å². The minimum atomic E-state index is 0.788. The molecule has 4 aromatic carbocycles. The second-order valence-corrected chi connectivity index (χ2v) is 11.2. The molecular formula is C38H38N2O3+2. The van der Waals surface area contributed by atoms with Crippen LogP contribution in [0.2, 0.25) is 0 Å². The van der Waals surface area contributed by atoms with Gasteiger partial charge in [-0.25, -0.2) is 0 Å². The van der Waals surface area contributed by atoms with Crippen molar-refractivity contribution in [2.75, 3.05) is 21.3 Å². The number of benzene rings is 4. The molecule has 0 saturated heterocycles. The van der Waals surface area contributed by atoms with Crippen LogP contribution >= 0.6 is 0 Å². The Bertz CT molecular complexity index is 2010. The van der Waals surface area contributed by atoms with Gasteiger partial charge in [0.05, 0.1) is 32.1 Å². The van der Waals surface area contributed by atoms with Gasteiger partial charge in [0.1, 0.15) is 17.2 Å². The van der Waals surface area contributed by atoms with Gasteiger partial charge >= 0.3 is 0 Å². The Kier molecular flexibility index (Phi) is 7.26. The molecule has 0 aliphatic rings. The van der Waals surface area contributed by atoms with Crippen molar-refractivity contribution in [1.29, 1.82) is 0 Å². The van der Waals surface area contributed by atoms with E-state index in [9.17, 15) is 0 Å². The lowest BCUT2D eigenvalue weighted by Crippen LogP contribution is -2.38. The van der Waals surface area contributed by atoms with Crippen LogP contribution in [0.1, 0.15) is 28.3 Å². The maximum atomic E-state index is 5.75. The molecule has 0 spiro atoms. The molecule has 0 unspecified atom stereocenters. The van der Waals surface area contributed by atoms with Crippen LogP contribution in [0.4, 0.5) is 0 Å². The van der Waals surface area contributed by atoms with Gasteiger partial charge in [-0.2, -0.15) is 9.13 Å². The van der Waals surface area contributed by atoms with E-state index in [1.165, 1.54) is 38.9 Å². The largest absolute Gasteiger partial charge is 0.497 e. The summed E-state index contributed by atoms with van der Waals surface area (Å²) in [6.45, 7) is 10.8. The van der Waals surface area contributed by atoms with Crippen molar-refractivity contribution in [2.24, 2.45) is 0 Å². The lowest BCUT2D eigenvalue weighted by molar-refractivity contribution is -0.608. The molecule has 0 aliphatic carbocycles. The number of fused-ring (bicyclic) bond motifs is 2. The molecule has 0 N–H and O–H groups in total. The topological polar surface area (TPSA) is 35.5 Å². The lowest BCUT2D eigenvalue weighted by Gasteiger charge is -2.12. The average Bonchev–Trinajstić information content (AvgIpc) is 3.00. The summed E-state index contributed by atoms with van der Waals surface area (Å²) >= 11 is 0. The van der Waals surface area contributed by atoms with Crippen molar-refractivity contribution in [1.82, 2.24) is 0 Å². The molecule has 2 heterocycles. The number of aryl methyl sites for hydroxylation is 5. The molecule has 0 saturated carbocycles. The van der Waals surface area contributed by atoms with E-state index in [0.717, 1.165) is 50.8 Å². The molecule has 2 aromatic heterocycles. The van der Waals surface area contributed by atoms with Gasteiger partial charge in [-0.05, 0) is 71.5 Å². The lowest BCUT2D eigenvalue weighted by atomic mass is 10.0. The summed E-state index contributed by atoms with van der Waals surface area (Å²) in [6, 6.07) is 30.3. The Balaban J connectivity index is 1.35. The van der Waals surface area contributed by atoms with Gasteiger partial charge in [-0.15, -0.1) is 0 Å². The van der Waals surface area contributed by atoms with E-state index in [1.54, 1.807) is 21.3 Å². The van der Waals surface area contributed by atoms with Gasteiger partial charge in [0.25, 0.3) is 0 Å². The Hall–Kier alpha value is -4.90. The zero-order chi connectivity index (χ0) is 30.4. The first kappa shape index (κ1) is 28.2. The quantitative estimate of drug-likeness (QED) is 0.192. The Morgan fingerprint density at radius 3 is 1.37 bits per heavy atom. The number of nitrogens with zero attached hydrogens (tertiary/aromatic N) is 2. The Morgan fingerprint density at radius 1 is 0.465 bits per heavy atom. The van der Waals surface area contributed by atoms with E-state index in [-0.39, 0.29) is 0 Å². The third-order valence-corrected chi connectivity index (χ3v) is 8.55. The summed E-state index contributed by atoms with van der Waals surface area (Å²) in [5.41, 5.74) is 10.5. The first-order valence-electron chi connectivity index (χ1n) is 14.5. The second-order valence-electron chi connectivity index (χ2n) is 11.2. The van der Waals surface area contributed by atoms with E-state index < -0.39 is 0 Å². The number of pyridine rings is 2. The summed E-state index contributed by atoms with van der Waals surface area (Å²) in [4.78, 5) is 0. The van der Waals surface area contributed by atoms with E-state index >= 15 is 0 Å². The first-order valence-corrected chi connectivity index (χ1v) is 14.5.